The average molecular weight is 406 g/mol. The van der Waals surface area contributed by atoms with Gasteiger partial charge in [-0.25, -0.2) is 4.79 Å². The molecule has 3 heterocycles. The van der Waals surface area contributed by atoms with Crippen LogP contribution in [-0.2, 0) is 20.9 Å². The fraction of sp³-hybridized carbons (Fsp3) is 0.650. The second-order valence-corrected chi connectivity index (χ2v) is 7.78. The molecule has 2 N–H and O–H groups in total. The second kappa shape index (κ2) is 9.30. The van der Waals surface area contributed by atoms with Gasteiger partial charge in [0.15, 0.2) is 0 Å². The lowest BCUT2D eigenvalue weighted by atomic mass is 9.76. The summed E-state index contributed by atoms with van der Waals surface area (Å²) in [7, 11) is 3.32. The standard InChI is InChI=1S/C20H30N4O5/c1-23-16(17(25)21-8-4-11-28-2)13-20(18(23)26)6-9-24(10-7-20)19(27)22-14-15-5-3-12-29-15/h3,5,12,16H,4,6-11,13-14H2,1-2H3,(H,21,25)(H,22,27). The van der Waals surface area contributed by atoms with Crippen LogP contribution in [0, 0.1) is 5.41 Å². The lowest BCUT2D eigenvalue weighted by Gasteiger charge is -2.37. The summed E-state index contributed by atoms with van der Waals surface area (Å²) in [5.74, 6) is 0.580. The molecule has 9 nitrogen and oxygen atoms in total. The third kappa shape index (κ3) is 4.72. The van der Waals surface area contributed by atoms with Crippen LogP contribution >= 0.6 is 0 Å². The van der Waals surface area contributed by atoms with E-state index in [1.165, 1.54) is 0 Å². The lowest BCUT2D eigenvalue weighted by Crippen LogP contribution is -2.49. The highest BCUT2D eigenvalue weighted by Crippen LogP contribution is 2.44. The number of ether oxygens (including phenoxy) is 1. The van der Waals surface area contributed by atoms with E-state index < -0.39 is 11.5 Å². The van der Waals surface area contributed by atoms with Gasteiger partial charge in [0, 0.05) is 40.4 Å². The van der Waals surface area contributed by atoms with Crippen LogP contribution in [-0.4, -0.2) is 74.1 Å². The van der Waals surface area contributed by atoms with Gasteiger partial charge in [-0.2, -0.15) is 0 Å². The van der Waals surface area contributed by atoms with Gasteiger partial charge < -0.3 is 29.6 Å². The number of nitrogens with one attached hydrogen (secondary N) is 2. The highest BCUT2D eigenvalue weighted by Gasteiger charge is 2.53. The molecule has 29 heavy (non-hydrogen) atoms. The Hall–Kier alpha value is -2.55. The molecule has 1 atom stereocenters. The summed E-state index contributed by atoms with van der Waals surface area (Å²) in [4.78, 5) is 41.1. The minimum absolute atomic E-state index is 0.00480. The number of methoxy groups -OCH3 is 1. The Balaban J connectivity index is 1.50. The average Bonchev–Trinajstić information content (AvgIpc) is 3.33. The maximum atomic E-state index is 12.9. The summed E-state index contributed by atoms with van der Waals surface area (Å²) >= 11 is 0. The van der Waals surface area contributed by atoms with E-state index in [1.807, 2.05) is 0 Å². The van der Waals surface area contributed by atoms with Gasteiger partial charge in [-0.05, 0) is 37.8 Å². The Morgan fingerprint density at radius 1 is 1.31 bits per heavy atom. The molecule has 2 fully saturated rings. The Labute approximate surface area is 170 Å². The molecular formula is C20H30N4O5. The molecule has 1 spiro atoms. The first kappa shape index (κ1) is 21.2. The molecule has 1 aromatic rings. The van der Waals surface area contributed by atoms with E-state index in [0.717, 1.165) is 6.42 Å². The summed E-state index contributed by atoms with van der Waals surface area (Å²) in [6.45, 7) is 2.43. The number of hydrogen-bond donors (Lipinski definition) is 2. The van der Waals surface area contributed by atoms with Gasteiger partial charge in [-0.1, -0.05) is 0 Å². The largest absolute Gasteiger partial charge is 0.467 e. The second-order valence-electron chi connectivity index (χ2n) is 7.78. The minimum Gasteiger partial charge on any atom is -0.467 e. The fourth-order valence-electron chi connectivity index (χ4n) is 4.17. The molecule has 9 heteroatoms. The van der Waals surface area contributed by atoms with Gasteiger partial charge in [-0.3, -0.25) is 9.59 Å². The van der Waals surface area contributed by atoms with Crippen molar-refractivity contribution < 1.29 is 23.5 Å². The molecule has 1 unspecified atom stereocenters. The van der Waals surface area contributed by atoms with Crippen LogP contribution < -0.4 is 10.6 Å². The summed E-state index contributed by atoms with van der Waals surface area (Å²) in [5.41, 5.74) is -0.554. The first-order valence-corrected chi connectivity index (χ1v) is 10.1. The number of furan rings is 1. The Kier molecular flexibility index (Phi) is 6.79. The van der Waals surface area contributed by atoms with Gasteiger partial charge in [-0.15, -0.1) is 0 Å². The number of rotatable bonds is 7. The van der Waals surface area contributed by atoms with E-state index in [1.54, 1.807) is 42.4 Å². The van der Waals surface area contributed by atoms with Gasteiger partial charge >= 0.3 is 6.03 Å². The van der Waals surface area contributed by atoms with E-state index in [2.05, 4.69) is 10.6 Å². The molecule has 2 aliphatic heterocycles. The maximum absolute atomic E-state index is 12.9. The monoisotopic (exact) mass is 406 g/mol. The number of nitrogens with zero attached hydrogens (tertiary/aromatic N) is 2. The van der Waals surface area contributed by atoms with E-state index in [-0.39, 0.29) is 17.8 Å². The SMILES string of the molecule is COCCCNC(=O)C1CC2(CCN(C(=O)NCc3ccco3)CC2)C(=O)N1C. The maximum Gasteiger partial charge on any atom is 0.317 e. The molecule has 0 aromatic carbocycles. The van der Waals surface area contributed by atoms with Crippen LogP contribution in [0.2, 0.25) is 0 Å². The predicted molar refractivity (Wildman–Crippen MR) is 105 cm³/mol. The number of carbonyl (C=O) groups excluding carboxylic acids is 3. The number of hydrogen-bond acceptors (Lipinski definition) is 5. The highest BCUT2D eigenvalue weighted by molar-refractivity contribution is 5.94. The predicted octanol–water partition coefficient (Wildman–Crippen LogP) is 0.955. The zero-order valence-electron chi connectivity index (χ0n) is 17.1. The van der Waals surface area contributed by atoms with E-state index in [4.69, 9.17) is 9.15 Å². The molecule has 3 rings (SSSR count). The molecule has 160 valence electrons. The van der Waals surface area contributed by atoms with Gasteiger partial charge in [0.1, 0.15) is 11.8 Å². The van der Waals surface area contributed by atoms with Crippen molar-refractivity contribution in [3.05, 3.63) is 24.2 Å². The molecule has 0 aliphatic carbocycles. The van der Waals surface area contributed by atoms with Crippen molar-refractivity contribution in [3.8, 4) is 0 Å². The molecule has 0 radical (unpaired) electrons. The smallest absolute Gasteiger partial charge is 0.317 e. The first-order chi connectivity index (χ1) is 14.0. The quantitative estimate of drug-likeness (QED) is 0.657. The van der Waals surface area contributed by atoms with Crippen molar-refractivity contribution in [2.45, 2.75) is 38.3 Å². The molecule has 0 saturated carbocycles. The lowest BCUT2D eigenvalue weighted by molar-refractivity contribution is -0.139. The normalized spacial score (nSPS) is 20.9. The van der Waals surface area contributed by atoms with Gasteiger partial charge in [0.25, 0.3) is 0 Å². The molecule has 4 amide bonds. The zero-order chi connectivity index (χ0) is 20.9. The minimum atomic E-state index is -0.554. The van der Waals surface area contributed by atoms with Crippen LogP contribution in [0.1, 0.15) is 31.4 Å². The molecule has 2 aliphatic rings. The number of carbonyl (C=O) groups is 3. The van der Waals surface area contributed by atoms with E-state index in [9.17, 15) is 14.4 Å². The molecule has 1 aromatic heterocycles. The first-order valence-electron chi connectivity index (χ1n) is 10.1. The van der Waals surface area contributed by atoms with Crippen molar-refractivity contribution >= 4 is 17.8 Å². The highest BCUT2D eigenvalue weighted by atomic mass is 16.5. The van der Waals surface area contributed by atoms with Crippen molar-refractivity contribution in [2.24, 2.45) is 5.41 Å². The van der Waals surface area contributed by atoms with Crippen LogP contribution in [0.4, 0.5) is 4.79 Å². The van der Waals surface area contributed by atoms with Crippen molar-refractivity contribution in [3.63, 3.8) is 0 Å². The number of likely N-dealkylation sites (N-methyl/N-ethyl adjacent to an activating group) is 1. The number of likely N-dealkylation sites (tertiary alicyclic amines) is 2. The van der Waals surface area contributed by atoms with Gasteiger partial charge in [0.05, 0.1) is 18.2 Å². The number of urea groups is 1. The molecule has 2 saturated heterocycles. The van der Waals surface area contributed by atoms with Crippen molar-refractivity contribution in [1.29, 1.82) is 0 Å². The Morgan fingerprint density at radius 3 is 2.72 bits per heavy atom. The third-order valence-electron chi connectivity index (χ3n) is 5.95. The van der Waals surface area contributed by atoms with Crippen LogP contribution in [0.5, 0.6) is 0 Å². The summed E-state index contributed by atoms with van der Waals surface area (Å²) in [5, 5.41) is 5.73. The Morgan fingerprint density at radius 2 is 2.07 bits per heavy atom. The summed E-state index contributed by atoms with van der Waals surface area (Å²) < 4.78 is 10.2. The van der Waals surface area contributed by atoms with E-state index in [0.29, 0.717) is 57.8 Å². The topological polar surface area (TPSA) is 104 Å². The zero-order valence-corrected chi connectivity index (χ0v) is 17.1. The summed E-state index contributed by atoms with van der Waals surface area (Å²) in [6, 6.07) is 2.96. The summed E-state index contributed by atoms with van der Waals surface area (Å²) in [6.07, 6.45) is 3.94. The van der Waals surface area contributed by atoms with Crippen molar-refractivity contribution in [1.82, 2.24) is 20.4 Å². The van der Waals surface area contributed by atoms with Gasteiger partial charge in [0.2, 0.25) is 11.8 Å². The Bertz CT molecular complexity index is 712. The van der Waals surface area contributed by atoms with Crippen LogP contribution in [0.3, 0.4) is 0 Å². The number of piperidine rings is 1. The fourth-order valence-corrected chi connectivity index (χ4v) is 4.17. The van der Waals surface area contributed by atoms with Crippen LogP contribution in [0.15, 0.2) is 22.8 Å². The van der Waals surface area contributed by atoms with E-state index >= 15 is 0 Å². The number of amides is 4. The van der Waals surface area contributed by atoms with Crippen LogP contribution in [0.25, 0.3) is 0 Å². The third-order valence-corrected chi connectivity index (χ3v) is 5.95. The molecular weight excluding hydrogens is 376 g/mol. The van der Waals surface area contributed by atoms with Crippen molar-refractivity contribution in [2.75, 3.05) is 40.4 Å². The molecule has 0 bridgehead atoms.